The van der Waals surface area contributed by atoms with Gasteiger partial charge >= 0.3 is 0 Å². The summed E-state index contributed by atoms with van der Waals surface area (Å²) in [7, 11) is 0. The van der Waals surface area contributed by atoms with Gasteiger partial charge in [0.05, 0.1) is 0 Å². The minimum Gasteiger partial charge on any atom is -0.398 e. The number of benzene rings is 1. The van der Waals surface area contributed by atoms with Gasteiger partial charge in [-0.2, -0.15) is 0 Å². The maximum absolute atomic E-state index is 7.66. The molecule has 3 heteroatoms. The minimum absolute atomic E-state index is 0.566. The molecule has 1 fully saturated rings. The molecule has 3 nitrogen and oxygen atoms in total. The van der Waals surface area contributed by atoms with Gasteiger partial charge in [-0.25, -0.2) is 0 Å². The van der Waals surface area contributed by atoms with Crippen LogP contribution in [0.1, 0.15) is 23.5 Å². The average molecular weight is 239 g/mol. The van der Waals surface area contributed by atoms with Gasteiger partial charge in [-0.3, -0.25) is 0 Å². The third-order valence-electron chi connectivity index (χ3n) is 4.95. The molecular weight excluding hydrogens is 222 g/mol. The first kappa shape index (κ1) is 10.2. The van der Waals surface area contributed by atoms with Crippen LogP contribution in [0.4, 0.5) is 11.4 Å². The van der Waals surface area contributed by atoms with Crippen LogP contribution in [0.15, 0.2) is 24.3 Å². The van der Waals surface area contributed by atoms with Gasteiger partial charge in [0.25, 0.3) is 0 Å². The van der Waals surface area contributed by atoms with Gasteiger partial charge in [-0.1, -0.05) is 12.2 Å². The van der Waals surface area contributed by atoms with Crippen molar-refractivity contribution in [1.29, 1.82) is 5.41 Å². The maximum atomic E-state index is 7.66. The molecule has 0 aromatic heterocycles. The Bertz CT molecular complexity index is 561. The summed E-state index contributed by atoms with van der Waals surface area (Å²) in [5.74, 6) is 2.63. The highest BCUT2D eigenvalue weighted by atomic mass is 14.9. The Morgan fingerprint density at radius 1 is 1.28 bits per heavy atom. The second-order valence-electron chi connectivity index (χ2n) is 5.69. The minimum atomic E-state index is 0.566. The van der Waals surface area contributed by atoms with Crippen LogP contribution in [0.3, 0.4) is 0 Å². The molecule has 2 aliphatic carbocycles. The topological polar surface area (TPSA) is 61.9 Å². The summed E-state index contributed by atoms with van der Waals surface area (Å²) in [6.45, 7) is 1.06. The van der Waals surface area contributed by atoms with Gasteiger partial charge in [0.2, 0.25) is 0 Å². The number of anilines is 2. The zero-order valence-corrected chi connectivity index (χ0v) is 10.2. The third-order valence-corrected chi connectivity index (χ3v) is 4.95. The monoisotopic (exact) mass is 239 g/mol. The van der Waals surface area contributed by atoms with Gasteiger partial charge in [-0.15, -0.1) is 0 Å². The summed E-state index contributed by atoms with van der Waals surface area (Å²) in [6, 6.07) is 3.99. The molecule has 0 amide bonds. The summed E-state index contributed by atoms with van der Waals surface area (Å²) in [4.78, 5) is 0. The molecule has 0 radical (unpaired) electrons. The summed E-state index contributed by atoms with van der Waals surface area (Å²) < 4.78 is 0. The predicted octanol–water partition coefficient (Wildman–Crippen LogP) is 2.60. The molecule has 3 aliphatic rings. The Kier molecular flexibility index (Phi) is 1.91. The van der Waals surface area contributed by atoms with Crippen LogP contribution in [0.25, 0.3) is 0 Å². The molecule has 4 N–H and O–H groups in total. The molecule has 0 saturated heterocycles. The van der Waals surface area contributed by atoms with Gasteiger partial charge in [0.15, 0.2) is 0 Å². The second-order valence-corrected chi connectivity index (χ2v) is 5.69. The van der Waals surface area contributed by atoms with E-state index in [0.717, 1.165) is 23.7 Å². The number of hydrogen-bond donors (Lipinski definition) is 3. The lowest BCUT2D eigenvalue weighted by molar-refractivity contribution is 0.403. The molecule has 2 bridgehead atoms. The van der Waals surface area contributed by atoms with Gasteiger partial charge in [0, 0.05) is 29.7 Å². The normalized spacial score (nSPS) is 34.9. The first-order chi connectivity index (χ1) is 8.79. The van der Waals surface area contributed by atoms with Crippen LogP contribution in [0, 0.1) is 23.2 Å². The molecule has 4 rings (SSSR count). The lowest BCUT2D eigenvalue weighted by atomic mass is 9.74. The molecule has 1 heterocycles. The molecule has 4 atom stereocenters. The summed E-state index contributed by atoms with van der Waals surface area (Å²) in [5.41, 5.74) is 10.2. The largest absolute Gasteiger partial charge is 0.398 e. The molecule has 92 valence electrons. The van der Waals surface area contributed by atoms with Crippen molar-refractivity contribution in [2.45, 2.75) is 12.3 Å². The van der Waals surface area contributed by atoms with E-state index in [2.05, 4.69) is 23.5 Å². The fraction of sp³-hybridized carbons (Fsp3) is 0.400. The smallest absolute Gasteiger partial charge is 0.0407 e. The maximum Gasteiger partial charge on any atom is 0.0407 e. The second kappa shape index (κ2) is 3.37. The Balaban J connectivity index is 1.94. The van der Waals surface area contributed by atoms with E-state index in [-0.39, 0.29) is 0 Å². The van der Waals surface area contributed by atoms with E-state index in [9.17, 15) is 0 Å². The van der Waals surface area contributed by atoms with Crippen molar-refractivity contribution in [3.63, 3.8) is 0 Å². The summed E-state index contributed by atoms with van der Waals surface area (Å²) in [5, 5.41) is 11.2. The van der Waals surface area contributed by atoms with Crippen molar-refractivity contribution >= 4 is 17.6 Å². The van der Waals surface area contributed by atoms with Crippen molar-refractivity contribution in [1.82, 2.24) is 0 Å². The quantitative estimate of drug-likeness (QED) is 0.401. The SMILES string of the molecule is N=Cc1c(N)ccc2c1[C@H]1C3C=CC(C3)[C@H]1CN2. The summed E-state index contributed by atoms with van der Waals surface area (Å²) >= 11 is 0. The molecule has 1 aromatic carbocycles. The van der Waals surface area contributed by atoms with E-state index in [4.69, 9.17) is 11.1 Å². The van der Waals surface area contributed by atoms with Gasteiger partial charge in [-0.05, 0) is 47.8 Å². The zero-order valence-electron chi connectivity index (χ0n) is 10.2. The highest BCUT2D eigenvalue weighted by Crippen LogP contribution is 2.57. The number of hydrogen-bond acceptors (Lipinski definition) is 3. The average Bonchev–Trinajstić information content (AvgIpc) is 2.99. The van der Waals surface area contributed by atoms with Crippen LogP contribution in [-0.4, -0.2) is 12.8 Å². The Hall–Kier alpha value is -1.77. The van der Waals surface area contributed by atoms with Crippen molar-refractivity contribution in [2.75, 3.05) is 17.6 Å². The number of allylic oxidation sites excluding steroid dienone is 2. The number of rotatable bonds is 1. The summed E-state index contributed by atoms with van der Waals surface area (Å²) in [6.07, 6.45) is 7.46. The molecule has 1 aromatic rings. The lowest BCUT2D eigenvalue weighted by Gasteiger charge is -2.36. The molecule has 0 spiro atoms. The van der Waals surface area contributed by atoms with Crippen molar-refractivity contribution in [3.8, 4) is 0 Å². The van der Waals surface area contributed by atoms with Crippen molar-refractivity contribution in [2.24, 2.45) is 17.8 Å². The molecule has 2 unspecified atom stereocenters. The molecular formula is C15H17N3. The van der Waals surface area contributed by atoms with E-state index >= 15 is 0 Å². The van der Waals surface area contributed by atoms with Crippen LogP contribution < -0.4 is 11.1 Å². The van der Waals surface area contributed by atoms with Crippen LogP contribution in [-0.2, 0) is 0 Å². The molecule has 1 aliphatic heterocycles. The Morgan fingerprint density at radius 2 is 2.11 bits per heavy atom. The fourth-order valence-electron chi connectivity index (χ4n) is 4.19. The van der Waals surface area contributed by atoms with Crippen molar-refractivity contribution in [3.05, 3.63) is 35.4 Å². The lowest BCUT2D eigenvalue weighted by Crippen LogP contribution is -2.31. The molecule has 1 saturated carbocycles. The Labute approximate surface area is 107 Å². The Morgan fingerprint density at radius 3 is 2.94 bits per heavy atom. The first-order valence-electron chi connectivity index (χ1n) is 6.64. The zero-order chi connectivity index (χ0) is 12.3. The van der Waals surface area contributed by atoms with E-state index in [1.54, 1.807) is 0 Å². The number of nitrogens with two attached hydrogens (primary N) is 1. The van der Waals surface area contributed by atoms with Crippen LogP contribution in [0.5, 0.6) is 0 Å². The number of fused-ring (bicyclic) bond motifs is 7. The van der Waals surface area contributed by atoms with E-state index in [0.29, 0.717) is 17.8 Å². The van der Waals surface area contributed by atoms with E-state index in [1.807, 2.05) is 6.07 Å². The van der Waals surface area contributed by atoms with Crippen LogP contribution >= 0.6 is 0 Å². The number of nitrogen functional groups attached to an aromatic ring is 1. The first-order valence-corrected chi connectivity index (χ1v) is 6.64. The van der Waals surface area contributed by atoms with Crippen LogP contribution in [0.2, 0.25) is 0 Å². The van der Waals surface area contributed by atoms with E-state index in [1.165, 1.54) is 23.9 Å². The highest BCUT2D eigenvalue weighted by Gasteiger charge is 2.48. The molecule has 18 heavy (non-hydrogen) atoms. The van der Waals surface area contributed by atoms with Gasteiger partial charge < -0.3 is 16.5 Å². The predicted molar refractivity (Wildman–Crippen MR) is 74.2 cm³/mol. The highest BCUT2D eigenvalue weighted by molar-refractivity contribution is 5.90. The van der Waals surface area contributed by atoms with Gasteiger partial charge in [0.1, 0.15) is 0 Å². The fourth-order valence-corrected chi connectivity index (χ4v) is 4.19. The third kappa shape index (κ3) is 1.12. The van der Waals surface area contributed by atoms with E-state index < -0.39 is 0 Å². The number of nitrogens with one attached hydrogen (secondary N) is 2. The standard InChI is InChI=1S/C15H17N3/c16-6-10-12(17)3-4-13-15(10)14-9-2-1-8(5-9)11(14)7-18-13/h1-4,6,8-9,11,14,16,18H,5,7,17H2/t8?,9?,11-,14+/m1/s1. The van der Waals surface area contributed by atoms with Crippen molar-refractivity contribution < 1.29 is 0 Å².